The van der Waals surface area contributed by atoms with E-state index in [1.807, 2.05) is 0 Å². The second kappa shape index (κ2) is 9.00. The Hall–Kier alpha value is -0.0400. The highest BCUT2D eigenvalue weighted by Gasteiger charge is 2.15. The van der Waals surface area contributed by atoms with Crippen molar-refractivity contribution < 1.29 is 0 Å². The lowest BCUT2D eigenvalue weighted by atomic mass is 9.99. The third kappa shape index (κ3) is 5.85. The van der Waals surface area contributed by atoms with Crippen molar-refractivity contribution in [3.8, 4) is 0 Å². The van der Waals surface area contributed by atoms with Crippen LogP contribution >= 0.6 is 24.0 Å². The van der Waals surface area contributed by atoms with Crippen LogP contribution in [-0.2, 0) is 0 Å². The van der Waals surface area contributed by atoms with E-state index in [1.54, 1.807) is 0 Å². The zero-order valence-corrected chi connectivity index (χ0v) is 14.5. The Labute approximate surface area is 134 Å². The molecular formula is C14H29IN4. The first-order valence-electron chi connectivity index (χ1n) is 7.53. The van der Waals surface area contributed by atoms with Crippen molar-refractivity contribution in [2.45, 2.75) is 39.0 Å². The molecule has 0 radical (unpaired) electrons. The first kappa shape index (κ1) is 17.0. The van der Waals surface area contributed by atoms with Gasteiger partial charge >= 0.3 is 0 Å². The van der Waals surface area contributed by atoms with E-state index in [9.17, 15) is 0 Å². The summed E-state index contributed by atoms with van der Waals surface area (Å²) in [6, 6.07) is 0. The van der Waals surface area contributed by atoms with Crippen molar-refractivity contribution in [1.82, 2.24) is 9.80 Å². The third-order valence-electron chi connectivity index (χ3n) is 4.25. The number of hydrogen-bond acceptors (Lipinski definition) is 2. The fourth-order valence-electron chi connectivity index (χ4n) is 2.81. The van der Waals surface area contributed by atoms with Gasteiger partial charge < -0.3 is 15.5 Å². The molecule has 0 aromatic carbocycles. The molecule has 0 atom stereocenters. The Morgan fingerprint density at radius 1 is 1.11 bits per heavy atom. The lowest BCUT2D eigenvalue weighted by molar-refractivity contribution is 0.197. The predicted octanol–water partition coefficient (Wildman–Crippen LogP) is 2.14. The van der Waals surface area contributed by atoms with E-state index < -0.39 is 0 Å². The van der Waals surface area contributed by atoms with E-state index >= 15 is 0 Å². The Bertz CT molecular complexity index is 269. The molecular weight excluding hydrogens is 351 g/mol. The summed E-state index contributed by atoms with van der Waals surface area (Å²) in [7, 11) is 0. The smallest absolute Gasteiger partial charge is 0.191 e. The van der Waals surface area contributed by atoms with Crippen molar-refractivity contribution in [2.75, 3.05) is 39.3 Å². The third-order valence-corrected chi connectivity index (χ3v) is 4.25. The molecule has 0 spiro atoms. The van der Waals surface area contributed by atoms with Crippen LogP contribution in [0.3, 0.4) is 0 Å². The van der Waals surface area contributed by atoms with Crippen LogP contribution in [0.1, 0.15) is 39.0 Å². The summed E-state index contributed by atoms with van der Waals surface area (Å²) in [4.78, 5) is 9.30. The monoisotopic (exact) mass is 380 g/mol. The SMILES string of the molecule is CC1CCN(CCN=C(N)N2CCCCC2)CC1.I. The van der Waals surface area contributed by atoms with Gasteiger partial charge in [0.15, 0.2) is 5.96 Å². The van der Waals surface area contributed by atoms with E-state index in [0.717, 1.165) is 38.1 Å². The number of hydrogen-bond donors (Lipinski definition) is 1. The predicted molar refractivity (Wildman–Crippen MR) is 92.2 cm³/mol. The van der Waals surface area contributed by atoms with Gasteiger partial charge in [-0.05, 0) is 51.1 Å². The molecule has 0 saturated carbocycles. The zero-order chi connectivity index (χ0) is 12.8. The van der Waals surface area contributed by atoms with Gasteiger partial charge in [0.05, 0.1) is 6.54 Å². The highest BCUT2D eigenvalue weighted by atomic mass is 127. The van der Waals surface area contributed by atoms with Crippen LogP contribution in [0, 0.1) is 5.92 Å². The fourth-order valence-corrected chi connectivity index (χ4v) is 2.81. The Morgan fingerprint density at radius 2 is 1.74 bits per heavy atom. The van der Waals surface area contributed by atoms with Gasteiger partial charge in [-0.2, -0.15) is 0 Å². The number of halogens is 1. The Balaban J connectivity index is 0.00000180. The first-order valence-corrected chi connectivity index (χ1v) is 7.53. The highest BCUT2D eigenvalue weighted by Crippen LogP contribution is 2.15. The van der Waals surface area contributed by atoms with E-state index in [2.05, 4.69) is 21.7 Å². The van der Waals surface area contributed by atoms with Crippen LogP contribution < -0.4 is 5.73 Å². The summed E-state index contributed by atoms with van der Waals surface area (Å²) in [6.45, 7) is 8.94. The lowest BCUT2D eigenvalue weighted by Gasteiger charge is -2.30. The minimum Gasteiger partial charge on any atom is -0.370 e. The van der Waals surface area contributed by atoms with Crippen molar-refractivity contribution >= 4 is 29.9 Å². The molecule has 0 aromatic heterocycles. The second-order valence-electron chi connectivity index (χ2n) is 5.81. The molecule has 0 aliphatic carbocycles. The summed E-state index contributed by atoms with van der Waals surface area (Å²) in [5.41, 5.74) is 6.04. The number of nitrogens with two attached hydrogens (primary N) is 1. The minimum atomic E-state index is 0. The molecule has 0 unspecified atom stereocenters. The van der Waals surface area contributed by atoms with Gasteiger partial charge in [-0.1, -0.05) is 6.92 Å². The number of aliphatic imine (C=N–C) groups is 1. The summed E-state index contributed by atoms with van der Waals surface area (Å²) in [5.74, 6) is 1.67. The molecule has 4 nitrogen and oxygen atoms in total. The van der Waals surface area contributed by atoms with Gasteiger partial charge in [-0.15, -0.1) is 24.0 Å². The van der Waals surface area contributed by atoms with Crippen LogP contribution in [0.25, 0.3) is 0 Å². The number of nitrogens with zero attached hydrogens (tertiary/aromatic N) is 3. The molecule has 5 heteroatoms. The van der Waals surface area contributed by atoms with Gasteiger partial charge in [-0.3, -0.25) is 4.99 Å². The summed E-state index contributed by atoms with van der Waals surface area (Å²) < 4.78 is 0. The van der Waals surface area contributed by atoms with Crippen LogP contribution in [0.4, 0.5) is 0 Å². The molecule has 2 rings (SSSR count). The maximum absolute atomic E-state index is 6.04. The molecule has 19 heavy (non-hydrogen) atoms. The summed E-state index contributed by atoms with van der Waals surface area (Å²) in [6.07, 6.45) is 6.55. The molecule has 2 N–H and O–H groups in total. The quantitative estimate of drug-likeness (QED) is 0.464. The van der Waals surface area contributed by atoms with Gasteiger partial charge in [0, 0.05) is 19.6 Å². The number of piperidine rings is 2. The molecule has 2 fully saturated rings. The zero-order valence-electron chi connectivity index (χ0n) is 12.2. The molecule has 0 amide bonds. The topological polar surface area (TPSA) is 44.9 Å². The van der Waals surface area contributed by atoms with Gasteiger partial charge in [0.25, 0.3) is 0 Å². The van der Waals surface area contributed by atoms with Gasteiger partial charge in [0.1, 0.15) is 0 Å². The maximum Gasteiger partial charge on any atom is 0.191 e. The molecule has 0 bridgehead atoms. The molecule has 2 saturated heterocycles. The Kier molecular flexibility index (Phi) is 8.06. The van der Waals surface area contributed by atoms with E-state index in [-0.39, 0.29) is 24.0 Å². The number of guanidine groups is 1. The van der Waals surface area contributed by atoms with Crippen LogP contribution in [0.2, 0.25) is 0 Å². The van der Waals surface area contributed by atoms with Gasteiger partial charge in [0.2, 0.25) is 0 Å². The minimum absolute atomic E-state index is 0. The van der Waals surface area contributed by atoms with Crippen molar-refractivity contribution in [1.29, 1.82) is 0 Å². The standard InChI is InChI=1S/C14H28N4.HI/c1-13-5-10-17(11-6-13)12-7-16-14(15)18-8-3-2-4-9-18;/h13H,2-12H2,1H3,(H2,15,16);1H. The highest BCUT2D eigenvalue weighted by molar-refractivity contribution is 14.0. The van der Waals surface area contributed by atoms with Crippen LogP contribution in [0.5, 0.6) is 0 Å². The average molecular weight is 380 g/mol. The molecule has 0 aromatic rings. The largest absolute Gasteiger partial charge is 0.370 e. The molecule has 2 aliphatic rings. The van der Waals surface area contributed by atoms with E-state index in [0.29, 0.717) is 0 Å². The molecule has 2 heterocycles. The van der Waals surface area contributed by atoms with E-state index in [4.69, 9.17) is 5.73 Å². The van der Waals surface area contributed by atoms with Crippen LogP contribution in [0.15, 0.2) is 4.99 Å². The Morgan fingerprint density at radius 3 is 2.37 bits per heavy atom. The summed E-state index contributed by atoms with van der Waals surface area (Å²) >= 11 is 0. The number of likely N-dealkylation sites (tertiary alicyclic amines) is 2. The summed E-state index contributed by atoms with van der Waals surface area (Å²) in [5, 5.41) is 0. The van der Waals surface area contributed by atoms with E-state index in [1.165, 1.54) is 45.2 Å². The van der Waals surface area contributed by atoms with Crippen molar-refractivity contribution in [2.24, 2.45) is 16.6 Å². The number of rotatable bonds is 3. The van der Waals surface area contributed by atoms with Crippen LogP contribution in [-0.4, -0.2) is 55.0 Å². The molecule has 2 aliphatic heterocycles. The second-order valence-corrected chi connectivity index (χ2v) is 5.81. The van der Waals surface area contributed by atoms with Gasteiger partial charge in [-0.25, -0.2) is 0 Å². The lowest BCUT2D eigenvalue weighted by Crippen LogP contribution is -2.41. The molecule has 112 valence electrons. The maximum atomic E-state index is 6.04. The normalized spacial score (nSPS) is 23.2. The average Bonchev–Trinajstić information content (AvgIpc) is 2.42. The fraction of sp³-hybridized carbons (Fsp3) is 0.929. The first-order chi connectivity index (χ1) is 8.75. The van der Waals surface area contributed by atoms with Crippen molar-refractivity contribution in [3.63, 3.8) is 0 Å². The van der Waals surface area contributed by atoms with Crippen molar-refractivity contribution in [3.05, 3.63) is 0 Å².